The van der Waals surface area contributed by atoms with E-state index < -0.39 is 4.92 Å². The van der Waals surface area contributed by atoms with E-state index >= 15 is 0 Å². The van der Waals surface area contributed by atoms with Gasteiger partial charge in [-0.3, -0.25) is 24.6 Å². The standard InChI is InChI=1S/C20H29N5O5/c1-30-12-2-7-21-19(26)14-23-8-10-24(11-9-23)20(27)15-3-6-17(22-16-4-5-16)18(13-15)25(28)29/h3,6,13,16,22H,2,4-5,7-12,14H2,1H3,(H,21,26). The Balaban J connectivity index is 1.50. The summed E-state index contributed by atoms with van der Waals surface area (Å²) < 4.78 is 4.95. The Morgan fingerprint density at radius 1 is 1.23 bits per heavy atom. The Bertz CT molecular complexity index is 775. The third-order valence-electron chi connectivity index (χ3n) is 5.25. The van der Waals surface area contributed by atoms with Crippen LogP contribution >= 0.6 is 0 Å². The van der Waals surface area contributed by atoms with Crippen LogP contribution in [0.2, 0.25) is 0 Å². The van der Waals surface area contributed by atoms with Gasteiger partial charge in [0.2, 0.25) is 5.91 Å². The number of hydrogen-bond acceptors (Lipinski definition) is 7. The molecule has 30 heavy (non-hydrogen) atoms. The summed E-state index contributed by atoms with van der Waals surface area (Å²) in [5.74, 6) is -0.264. The number of carbonyl (C=O) groups excluding carboxylic acids is 2. The molecule has 164 valence electrons. The first-order chi connectivity index (χ1) is 14.5. The number of nitrogens with zero attached hydrogens (tertiary/aromatic N) is 3. The third kappa shape index (κ3) is 6.14. The van der Waals surface area contributed by atoms with E-state index in [0.717, 1.165) is 19.3 Å². The van der Waals surface area contributed by atoms with Crippen LogP contribution in [0, 0.1) is 10.1 Å². The minimum Gasteiger partial charge on any atom is -0.385 e. The van der Waals surface area contributed by atoms with E-state index in [1.165, 1.54) is 6.07 Å². The number of rotatable bonds is 10. The molecule has 0 bridgehead atoms. The number of ether oxygens (including phenoxy) is 1. The van der Waals surface area contributed by atoms with Crippen LogP contribution in [-0.2, 0) is 9.53 Å². The van der Waals surface area contributed by atoms with Crippen molar-refractivity contribution in [1.29, 1.82) is 0 Å². The molecule has 1 saturated heterocycles. The summed E-state index contributed by atoms with van der Waals surface area (Å²) in [5.41, 5.74) is 0.698. The normalized spacial score (nSPS) is 16.9. The lowest BCUT2D eigenvalue weighted by Crippen LogP contribution is -2.51. The minimum atomic E-state index is -0.454. The zero-order valence-corrected chi connectivity index (χ0v) is 17.3. The van der Waals surface area contributed by atoms with Crippen LogP contribution in [-0.4, -0.2) is 85.6 Å². The predicted molar refractivity (Wildman–Crippen MR) is 112 cm³/mol. The molecule has 1 aromatic carbocycles. The second-order valence-electron chi connectivity index (χ2n) is 7.67. The highest BCUT2D eigenvalue weighted by Gasteiger charge is 2.28. The molecule has 0 atom stereocenters. The monoisotopic (exact) mass is 419 g/mol. The molecule has 2 fully saturated rings. The number of nitrogens with one attached hydrogen (secondary N) is 2. The molecule has 0 aromatic heterocycles. The molecule has 1 heterocycles. The molecule has 1 aliphatic carbocycles. The number of nitro groups is 1. The molecule has 1 aromatic rings. The van der Waals surface area contributed by atoms with Crippen LogP contribution in [0.15, 0.2) is 18.2 Å². The van der Waals surface area contributed by atoms with Crippen molar-refractivity contribution in [2.45, 2.75) is 25.3 Å². The number of anilines is 1. The average Bonchev–Trinajstić information content (AvgIpc) is 3.55. The highest BCUT2D eigenvalue weighted by Crippen LogP contribution is 2.31. The molecule has 0 unspecified atom stereocenters. The lowest BCUT2D eigenvalue weighted by Gasteiger charge is -2.34. The molecule has 0 radical (unpaired) electrons. The minimum absolute atomic E-state index is 0.0414. The summed E-state index contributed by atoms with van der Waals surface area (Å²) in [7, 11) is 1.63. The molecule has 1 aliphatic heterocycles. The second kappa shape index (κ2) is 10.4. The van der Waals surface area contributed by atoms with Gasteiger partial charge in [0.05, 0.1) is 11.5 Å². The van der Waals surface area contributed by atoms with Gasteiger partial charge in [0.15, 0.2) is 0 Å². The Labute approximate surface area is 175 Å². The van der Waals surface area contributed by atoms with Gasteiger partial charge in [0.1, 0.15) is 5.69 Å². The van der Waals surface area contributed by atoms with E-state index in [1.807, 2.05) is 4.90 Å². The summed E-state index contributed by atoms with van der Waals surface area (Å²) in [5, 5.41) is 17.4. The first-order valence-corrected chi connectivity index (χ1v) is 10.3. The van der Waals surface area contributed by atoms with Crippen molar-refractivity contribution in [3.8, 4) is 0 Å². The number of methoxy groups -OCH3 is 1. The summed E-state index contributed by atoms with van der Waals surface area (Å²) >= 11 is 0. The second-order valence-corrected chi connectivity index (χ2v) is 7.67. The van der Waals surface area contributed by atoms with Crippen molar-refractivity contribution in [1.82, 2.24) is 15.1 Å². The SMILES string of the molecule is COCCCNC(=O)CN1CCN(C(=O)c2ccc(NC3CC3)c([N+](=O)[O-])c2)CC1. The fraction of sp³-hybridized carbons (Fsp3) is 0.600. The average molecular weight is 419 g/mol. The summed E-state index contributed by atoms with van der Waals surface area (Å²) in [4.78, 5) is 39.5. The molecule has 3 rings (SSSR count). The molecule has 10 heteroatoms. The zero-order chi connectivity index (χ0) is 21.5. The van der Waals surface area contributed by atoms with E-state index in [0.29, 0.717) is 57.1 Å². The largest absolute Gasteiger partial charge is 0.385 e. The van der Waals surface area contributed by atoms with Gasteiger partial charge in [0.25, 0.3) is 11.6 Å². The summed E-state index contributed by atoms with van der Waals surface area (Å²) in [6, 6.07) is 4.90. The fourth-order valence-corrected chi connectivity index (χ4v) is 3.38. The number of nitro benzene ring substituents is 1. The maximum Gasteiger partial charge on any atom is 0.293 e. The molecule has 2 amide bonds. The predicted octanol–water partition coefficient (Wildman–Crippen LogP) is 1.08. The van der Waals surface area contributed by atoms with Crippen molar-refractivity contribution < 1.29 is 19.2 Å². The van der Waals surface area contributed by atoms with Gasteiger partial charge in [0, 0.05) is 64.1 Å². The molecular formula is C20H29N5O5. The third-order valence-corrected chi connectivity index (χ3v) is 5.25. The maximum absolute atomic E-state index is 12.8. The van der Waals surface area contributed by atoms with Crippen LogP contribution in [0.25, 0.3) is 0 Å². The van der Waals surface area contributed by atoms with Gasteiger partial charge in [-0.15, -0.1) is 0 Å². The molecule has 2 N–H and O–H groups in total. The van der Waals surface area contributed by atoms with Gasteiger partial charge in [-0.25, -0.2) is 0 Å². The van der Waals surface area contributed by atoms with Crippen LogP contribution in [0.4, 0.5) is 11.4 Å². The van der Waals surface area contributed by atoms with Gasteiger partial charge in [-0.1, -0.05) is 0 Å². The van der Waals surface area contributed by atoms with E-state index in [4.69, 9.17) is 4.74 Å². The van der Waals surface area contributed by atoms with Crippen molar-refractivity contribution in [2.24, 2.45) is 0 Å². The van der Waals surface area contributed by atoms with Crippen molar-refractivity contribution in [3.05, 3.63) is 33.9 Å². The lowest BCUT2D eigenvalue weighted by atomic mass is 10.1. The number of benzene rings is 1. The van der Waals surface area contributed by atoms with Crippen LogP contribution in [0.3, 0.4) is 0 Å². The number of hydrogen-bond donors (Lipinski definition) is 2. The van der Waals surface area contributed by atoms with Crippen LogP contribution in [0.1, 0.15) is 29.6 Å². The van der Waals surface area contributed by atoms with Crippen molar-refractivity contribution >= 4 is 23.2 Å². The number of carbonyl (C=O) groups is 2. The zero-order valence-electron chi connectivity index (χ0n) is 17.3. The molecule has 10 nitrogen and oxygen atoms in total. The van der Waals surface area contributed by atoms with Crippen molar-refractivity contribution in [2.75, 3.05) is 58.3 Å². The summed E-state index contributed by atoms with van der Waals surface area (Å²) in [6.07, 6.45) is 2.78. The maximum atomic E-state index is 12.8. The topological polar surface area (TPSA) is 117 Å². The highest BCUT2D eigenvalue weighted by molar-refractivity contribution is 5.96. The van der Waals surface area contributed by atoms with Crippen molar-refractivity contribution in [3.63, 3.8) is 0 Å². The van der Waals surface area contributed by atoms with E-state index in [2.05, 4.69) is 10.6 Å². The molecule has 0 spiro atoms. The molecule has 1 saturated carbocycles. The lowest BCUT2D eigenvalue weighted by molar-refractivity contribution is -0.384. The first kappa shape index (κ1) is 22.0. The van der Waals surface area contributed by atoms with Crippen LogP contribution < -0.4 is 10.6 Å². The van der Waals surface area contributed by atoms with Gasteiger partial charge in [-0.05, 0) is 31.4 Å². The molecule has 2 aliphatic rings. The fourth-order valence-electron chi connectivity index (χ4n) is 3.38. The quantitative estimate of drug-likeness (QED) is 0.331. The Kier molecular flexibility index (Phi) is 7.58. The highest BCUT2D eigenvalue weighted by atomic mass is 16.6. The molecular weight excluding hydrogens is 390 g/mol. The van der Waals surface area contributed by atoms with E-state index in [9.17, 15) is 19.7 Å². The first-order valence-electron chi connectivity index (χ1n) is 10.3. The number of amides is 2. The van der Waals surface area contributed by atoms with Gasteiger partial charge >= 0.3 is 0 Å². The van der Waals surface area contributed by atoms with E-state index in [1.54, 1.807) is 24.1 Å². The van der Waals surface area contributed by atoms with Gasteiger partial charge < -0.3 is 20.3 Å². The Morgan fingerprint density at radius 2 is 1.97 bits per heavy atom. The Morgan fingerprint density at radius 3 is 2.60 bits per heavy atom. The summed E-state index contributed by atoms with van der Waals surface area (Å²) in [6.45, 7) is 3.60. The van der Waals surface area contributed by atoms with Gasteiger partial charge in [-0.2, -0.15) is 0 Å². The Hall–Kier alpha value is -2.72. The smallest absolute Gasteiger partial charge is 0.293 e. The van der Waals surface area contributed by atoms with E-state index in [-0.39, 0.29) is 23.5 Å². The van der Waals surface area contributed by atoms with Crippen LogP contribution in [0.5, 0.6) is 0 Å². The number of piperazine rings is 1.